The van der Waals surface area contributed by atoms with E-state index in [2.05, 4.69) is 20.3 Å². The molecule has 1 atom stereocenters. The lowest BCUT2D eigenvalue weighted by molar-refractivity contribution is -0.120. The summed E-state index contributed by atoms with van der Waals surface area (Å²) in [5.41, 5.74) is 5.80. The maximum absolute atomic E-state index is 12.7. The average molecular weight is 367 g/mol. The minimum absolute atomic E-state index is 0.0628. The second kappa shape index (κ2) is 7.39. The van der Waals surface area contributed by atoms with Crippen molar-refractivity contribution in [3.8, 4) is 11.3 Å². The summed E-state index contributed by atoms with van der Waals surface area (Å²) < 4.78 is 1.80. The average Bonchev–Trinajstić information content (AvgIpc) is 3.38. The van der Waals surface area contributed by atoms with E-state index >= 15 is 0 Å². The molecule has 2 aromatic heterocycles. The molecule has 3 heterocycles. The summed E-state index contributed by atoms with van der Waals surface area (Å²) in [6.07, 6.45) is 5.80. The van der Waals surface area contributed by atoms with Crippen LogP contribution in [0.2, 0.25) is 0 Å². The molecular weight excluding hydrogens is 346 g/mol. The zero-order valence-corrected chi connectivity index (χ0v) is 15.4. The minimum atomic E-state index is -0.0894. The van der Waals surface area contributed by atoms with Crippen molar-refractivity contribution in [1.82, 2.24) is 19.7 Å². The highest BCUT2D eigenvalue weighted by atomic mass is 32.1. The molecule has 1 aliphatic heterocycles. The summed E-state index contributed by atoms with van der Waals surface area (Å²) in [5.74, 6) is 0.0628. The Morgan fingerprint density at radius 2 is 2.19 bits per heavy atom. The van der Waals surface area contributed by atoms with Crippen LogP contribution in [0.3, 0.4) is 0 Å². The van der Waals surface area contributed by atoms with Gasteiger partial charge in [0.25, 0.3) is 0 Å². The number of nitrogens with zero attached hydrogens (tertiary/aromatic N) is 4. The molecule has 26 heavy (non-hydrogen) atoms. The predicted molar refractivity (Wildman–Crippen MR) is 103 cm³/mol. The number of amides is 1. The van der Waals surface area contributed by atoms with Gasteiger partial charge in [0.15, 0.2) is 0 Å². The number of carbonyl (C=O) groups excluding carboxylic acids is 1. The zero-order chi connectivity index (χ0) is 17.9. The number of hydrogen-bond donors (Lipinski definition) is 1. The molecule has 0 saturated carbocycles. The summed E-state index contributed by atoms with van der Waals surface area (Å²) >= 11 is 1.58. The fourth-order valence-electron chi connectivity index (χ4n) is 3.41. The third-order valence-corrected chi connectivity index (χ3v) is 5.28. The van der Waals surface area contributed by atoms with Crippen LogP contribution >= 0.6 is 11.3 Å². The second-order valence-corrected chi connectivity index (χ2v) is 7.31. The lowest BCUT2D eigenvalue weighted by Gasteiger charge is -2.23. The Morgan fingerprint density at radius 3 is 2.88 bits per heavy atom. The summed E-state index contributed by atoms with van der Waals surface area (Å²) in [6.45, 7) is 1.70. The molecule has 1 N–H and O–H groups in total. The summed E-state index contributed by atoms with van der Waals surface area (Å²) in [5, 5.41) is 9.29. The first kappa shape index (κ1) is 16.9. The molecule has 1 aromatic carbocycles. The molecule has 0 bridgehead atoms. The van der Waals surface area contributed by atoms with Gasteiger partial charge in [-0.2, -0.15) is 5.10 Å². The molecule has 1 aliphatic rings. The Kier molecular flexibility index (Phi) is 4.81. The summed E-state index contributed by atoms with van der Waals surface area (Å²) in [4.78, 5) is 19.3. The third kappa shape index (κ3) is 3.68. The van der Waals surface area contributed by atoms with Gasteiger partial charge in [-0.3, -0.25) is 14.4 Å². The van der Waals surface area contributed by atoms with E-state index < -0.39 is 0 Å². The fraction of sp³-hybridized carbons (Fsp3) is 0.316. The first-order valence-electron chi connectivity index (χ1n) is 8.70. The molecular formula is C19H21N5OS. The number of nitrogens with one attached hydrogen (secondary N) is 1. The van der Waals surface area contributed by atoms with E-state index in [-0.39, 0.29) is 11.9 Å². The lowest BCUT2D eigenvalue weighted by atomic mass is 10.1. The number of benzene rings is 1. The fourth-order valence-corrected chi connectivity index (χ4v) is 3.97. The van der Waals surface area contributed by atoms with Crippen molar-refractivity contribution in [1.29, 1.82) is 0 Å². The van der Waals surface area contributed by atoms with Crippen molar-refractivity contribution in [2.75, 3.05) is 11.9 Å². The van der Waals surface area contributed by atoms with E-state index in [1.165, 1.54) is 0 Å². The standard InChI is InChI=1S/C19H21N5OS/c1-23-10-14(9-21-23)11-24-8-2-3-18(24)19(25)22-16-6-4-15(5-7-16)17-12-26-13-20-17/h4-7,9-10,12-13,18H,2-3,8,11H2,1H3,(H,22,25)/t18-/m1/s1. The summed E-state index contributed by atoms with van der Waals surface area (Å²) in [6, 6.07) is 7.77. The quantitative estimate of drug-likeness (QED) is 0.752. The largest absolute Gasteiger partial charge is 0.325 e. The number of aromatic nitrogens is 3. The molecule has 6 nitrogen and oxygen atoms in total. The van der Waals surface area contributed by atoms with Crippen LogP contribution in [0.5, 0.6) is 0 Å². The maximum atomic E-state index is 12.7. The van der Waals surface area contributed by atoms with Crippen LogP contribution in [-0.2, 0) is 18.4 Å². The first-order valence-corrected chi connectivity index (χ1v) is 9.64. The molecule has 0 unspecified atom stereocenters. The van der Waals surface area contributed by atoms with Gasteiger partial charge in [-0.05, 0) is 31.5 Å². The van der Waals surface area contributed by atoms with Gasteiger partial charge in [0.2, 0.25) is 5.91 Å². The van der Waals surface area contributed by atoms with Crippen LogP contribution in [-0.4, -0.2) is 38.2 Å². The molecule has 134 valence electrons. The van der Waals surface area contributed by atoms with Gasteiger partial charge in [0.05, 0.1) is 23.4 Å². The van der Waals surface area contributed by atoms with Crippen molar-refractivity contribution in [3.63, 3.8) is 0 Å². The smallest absolute Gasteiger partial charge is 0.241 e. The summed E-state index contributed by atoms with van der Waals surface area (Å²) in [7, 11) is 1.91. The third-order valence-electron chi connectivity index (χ3n) is 4.69. The van der Waals surface area contributed by atoms with Crippen LogP contribution in [0.25, 0.3) is 11.3 Å². The number of thiazole rings is 1. The van der Waals surface area contributed by atoms with Crippen LogP contribution in [0.1, 0.15) is 18.4 Å². The highest BCUT2D eigenvalue weighted by Crippen LogP contribution is 2.24. The van der Waals surface area contributed by atoms with Crippen molar-refractivity contribution in [2.45, 2.75) is 25.4 Å². The molecule has 7 heteroatoms. The molecule has 0 spiro atoms. The number of anilines is 1. The van der Waals surface area contributed by atoms with Crippen LogP contribution in [0.15, 0.2) is 47.5 Å². The van der Waals surface area contributed by atoms with E-state index in [4.69, 9.17) is 0 Å². The van der Waals surface area contributed by atoms with Crippen molar-refractivity contribution in [3.05, 3.63) is 53.1 Å². The van der Waals surface area contributed by atoms with E-state index in [0.29, 0.717) is 0 Å². The number of rotatable bonds is 5. The Labute approximate surface area is 156 Å². The molecule has 0 aliphatic carbocycles. The van der Waals surface area contributed by atoms with Crippen molar-refractivity contribution in [2.24, 2.45) is 7.05 Å². The molecule has 3 aromatic rings. The molecule has 4 rings (SSSR count). The van der Waals surface area contributed by atoms with Gasteiger partial charge in [-0.15, -0.1) is 11.3 Å². The Hall–Kier alpha value is -2.51. The van der Waals surface area contributed by atoms with Gasteiger partial charge in [-0.25, -0.2) is 4.98 Å². The lowest BCUT2D eigenvalue weighted by Crippen LogP contribution is -2.39. The number of carbonyl (C=O) groups is 1. The first-order chi connectivity index (χ1) is 12.7. The molecule has 1 amide bonds. The van der Waals surface area contributed by atoms with E-state index in [1.807, 2.05) is 54.6 Å². The van der Waals surface area contributed by atoms with Crippen LogP contribution in [0, 0.1) is 0 Å². The van der Waals surface area contributed by atoms with Crippen LogP contribution in [0.4, 0.5) is 5.69 Å². The molecule has 1 saturated heterocycles. The Bertz CT molecular complexity index is 872. The Balaban J connectivity index is 1.40. The molecule has 1 fully saturated rings. The van der Waals surface area contributed by atoms with Crippen LogP contribution < -0.4 is 5.32 Å². The Morgan fingerprint density at radius 1 is 1.35 bits per heavy atom. The number of hydrogen-bond acceptors (Lipinski definition) is 5. The number of likely N-dealkylation sites (tertiary alicyclic amines) is 1. The van der Waals surface area contributed by atoms with Crippen molar-refractivity contribution < 1.29 is 4.79 Å². The predicted octanol–water partition coefficient (Wildman–Crippen LogP) is 3.15. The number of aryl methyl sites for hydroxylation is 1. The maximum Gasteiger partial charge on any atom is 0.241 e. The van der Waals surface area contributed by atoms with Gasteiger partial charge < -0.3 is 5.32 Å². The SMILES string of the molecule is Cn1cc(CN2CCC[C@@H]2C(=O)Nc2ccc(-c3cscn3)cc2)cn1. The second-order valence-electron chi connectivity index (χ2n) is 6.59. The highest BCUT2D eigenvalue weighted by molar-refractivity contribution is 7.07. The zero-order valence-electron chi connectivity index (χ0n) is 14.6. The normalized spacial score (nSPS) is 17.5. The minimum Gasteiger partial charge on any atom is -0.325 e. The van der Waals surface area contributed by atoms with Gasteiger partial charge in [0.1, 0.15) is 0 Å². The van der Waals surface area contributed by atoms with E-state index in [1.54, 1.807) is 16.0 Å². The molecule has 0 radical (unpaired) electrons. The van der Waals surface area contributed by atoms with E-state index in [0.717, 1.165) is 48.4 Å². The van der Waals surface area contributed by atoms with Crippen molar-refractivity contribution >= 4 is 22.9 Å². The topological polar surface area (TPSA) is 63.1 Å². The monoisotopic (exact) mass is 367 g/mol. The van der Waals surface area contributed by atoms with E-state index in [9.17, 15) is 4.79 Å². The van der Waals surface area contributed by atoms with Gasteiger partial charge in [-0.1, -0.05) is 12.1 Å². The van der Waals surface area contributed by atoms with Gasteiger partial charge in [0, 0.05) is 42.0 Å². The highest BCUT2D eigenvalue weighted by Gasteiger charge is 2.30. The van der Waals surface area contributed by atoms with Gasteiger partial charge >= 0.3 is 0 Å².